The Morgan fingerprint density at radius 3 is 2.53 bits per heavy atom. The van der Waals surface area contributed by atoms with E-state index >= 15 is 0 Å². The summed E-state index contributed by atoms with van der Waals surface area (Å²) in [6.45, 7) is 6.02. The molecule has 0 aromatic heterocycles. The van der Waals surface area contributed by atoms with Gasteiger partial charge in [-0.05, 0) is 74.4 Å². The second-order valence-electron chi connectivity index (χ2n) is 8.73. The van der Waals surface area contributed by atoms with Gasteiger partial charge in [0.2, 0.25) is 11.8 Å². The average molecular weight is 400 g/mol. The summed E-state index contributed by atoms with van der Waals surface area (Å²) >= 11 is 0. The maximum Gasteiger partial charge on any atom is 0.255 e. The van der Waals surface area contributed by atoms with Gasteiger partial charge in [0, 0.05) is 11.3 Å². The molecular formula is C25H24N2O3. The lowest BCUT2D eigenvalue weighted by molar-refractivity contribution is -0.123. The lowest BCUT2D eigenvalue weighted by Gasteiger charge is -2.19. The van der Waals surface area contributed by atoms with Gasteiger partial charge in [0.25, 0.3) is 5.91 Å². The number of nitrogens with one attached hydrogen (secondary N) is 1. The Kier molecular flexibility index (Phi) is 4.17. The highest BCUT2D eigenvalue weighted by atomic mass is 16.2. The van der Waals surface area contributed by atoms with Crippen molar-refractivity contribution in [3.05, 3.63) is 70.8 Å². The van der Waals surface area contributed by atoms with Gasteiger partial charge in [-0.15, -0.1) is 0 Å². The van der Waals surface area contributed by atoms with Crippen LogP contribution in [0.1, 0.15) is 34.8 Å². The first-order chi connectivity index (χ1) is 14.4. The van der Waals surface area contributed by atoms with Gasteiger partial charge < -0.3 is 5.32 Å². The number of allylic oxidation sites excluding steroid dienone is 2. The van der Waals surface area contributed by atoms with Crippen LogP contribution in [0.25, 0.3) is 0 Å². The minimum atomic E-state index is -0.262. The number of anilines is 2. The van der Waals surface area contributed by atoms with Crippen LogP contribution in [0.4, 0.5) is 11.4 Å². The fourth-order valence-electron chi connectivity index (χ4n) is 5.40. The summed E-state index contributed by atoms with van der Waals surface area (Å²) < 4.78 is 0. The largest absolute Gasteiger partial charge is 0.322 e. The summed E-state index contributed by atoms with van der Waals surface area (Å²) in [5.74, 6) is -0.680. The quantitative estimate of drug-likeness (QED) is 0.618. The van der Waals surface area contributed by atoms with Crippen molar-refractivity contribution in [2.24, 2.45) is 23.7 Å². The number of benzene rings is 2. The Morgan fingerprint density at radius 1 is 1.00 bits per heavy atom. The number of carbonyl (C=O) groups is 3. The van der Waals surface area contributed by atoms with Crippen LogP contribution in [0.5, 0.6) is 0 Å². The molecule has 1 aliphatic heterocycles. The zero-order valence-corrected chi connectivity index (χ0v) is 17.3. The van der Waals surface area contributed by atoms with Gasteiger partial charge in [0.1, 0.15) is 0 Å². The highest BCUT2D eigenvalue weighted by Crippen LogP contribution is 2.55. The van der Waals surface area contributed by atoms with Gasteiger partial charge >= 0.3 is 0 Å². The molecule has 0 radical (unpaired) electrons. The van der Waals surface area contributed by atoms with Crippen LogP contribution < -0.4 is 10.2 Å². The highest BCUT2D eigenvalue weighted by molar-refractivity contribution is 6.23. The van der Waals surface area contributed by atoms with Crippen molar-refractivity contribution in [1.29, 1.82) is 0 Å². The molecule has 1 saturated carbocycles. The number of hydrogen-bond donors (Lipinski definition) is 1. The zero-order chi connectivity index (χ0) is 21.2. The van der Waals surface area contributed by atoms with E-state index in [0.29, 0.717) is 11.3 Å². The molecule has 0 unspecified atom stereocenters. The Hall–Kier alpha value is -3.21. The van der Waals surface area contributed by atoms with E-state index in [9.17, 15) is 14.4 Å². The number of carbonyl (C=O) groups excluding carboxylic acids is 3. The van der Waals surface area contributed by atoms with E-state index in [1.165, 1.54) is 10.5 Å². The Morgan fingerprint density at radius 2 is 1.73 bits per heavy atom. The summed E-state index contributed by atoms with van der Waals surface area (Å²) in [5.41, 5.74) is 4.99. The van der Waals surface area contributed by atoms with Gasteiger partial charge in [-0.25, -0.2) is 4.90 Å². The molecule has 3 amide bonds. The third kappa shape index (κ3) is 2.65. The predicted octanol–water partition coefficient (Wildman–Crippen LogP) is 4.26. The van der Waals surface area contributed by atoms with E-state index in [4.69, 9.17) is 0 Å². The third-order valence-corrected chi connectivity index (χ3v) is 7.10. The van der Waals surface area contributed by atoms with Crippen LogP contribution in [-0.2, 0) is 9.59 Å². The van der Waals surface area contributed by atoms with Crippen LogP contribution in [0.3, 0.4) is 0 Å². The topological polar surface area (TPSA) is 66.5 Å². The molecular weight excluding hydrogens is 376 g/mol. The summed E-state index contributed by atoms with van der Waals surface area (Å²) in [6, 6.07) is 12.6. The summed E-state index contributed by atoms with van der Waals surface area (Å²) in [7, 11) is 0. The third-order valence-electron chi connectivity index (χ3n) is 7.10. The molecule has 5 nitrogen and oxygen atoms in total. The summed E-state index contributed by atoms with van der Waals surface area (Å²) in [4.78, 5) is 40.4. The fourth-order valence-corrected chi connectivity index (χ4v) is 5.40. The molecule has 2 aliphatic carbocycles. The molecule has 2 aromatic rings. The van der Waals surface area contributed by atoms with E-state index in [-0.39, 0.29) is 41.4 Å². The van der Waals surface area contributed by atoms with Crippen molar-refractivity contribution in [3.63, 3.8) is 0 Å². The molecule has 2 fully saturated rings. The molecule has 1 saturated heterocycles. The van der Waals surface area contributed by atoms with Crippen molar-refractivity contribution in [3.8, 4) is 0 Å². The average Bonchev–Trinajstić information content (AvgIpc) is 3.36. The van der Waals surface area contributed by atoms with Gasteiger partial charge in [0.15, 0.2) is 0 Å². The first-order valence-corrected chi connectivity index (χ1v) is 10.4. The summed E-state index contributed by atoms with van der Waals surface area (Å²) in [6.07, 6.45) is 3.07. The SMILES string of the molecule is CC1=C[C@H]2C[C@H]1[C@@H]1C(=O)N(c3cccc(C(=O)Nc4cccc(C)c4C)c3)C(=O)[C@@H]12. The van der Waals surface area contributed by atoms with E-state index < -0.39 is 0 Å². The molecule has 5 rings (SSSR count). The Bertz CT molecular complexity index is 1130. The van der Waals surface area contributed by atoms with Crippen LogP contribution in [0.15, 0.2) is 54.1 Å². The van der Waals surface area contributed by atoms with Crippen LogP contribution in [0.2, 0.25) is 0 Å². The van der Waals surface area contributed by atoms with Crippen molar-refractivity contribution >= 4 is 29.1 Å². The van der Waals surface area contributed by atoms with E-state index in [1.54, 1.807) is 24.3 Å². The number of nitrogens with zero attached hydrogens (tertiary/aromatic N) is 1. The van der Waals surface area contributed by atoms with Gasteiger partial charge in [0.05, 0.1) is 17.5 Å². The minimum absolute atomic E-state index is 0.128. The molecule has 2 bridgehead atoms. The van der Waals surface area contributed by atoms with Crippen molar-refractivity contribution in [2.45, 2.75) is 27.2 Å². The van der Waals surface area contributed by atoms with Crippen LogP contribution in [-0.4, -0.2) is 17.7 Å². The predicted molar refractivity (Wildman–Crippen MR) is 115 cm³/mol. The molecule has 1 heterocycles. The molecule has 4 atom stereocenters. The lowest BCUT2D eigenvalue weighted by atomic mass is 9.82. The van der Waals surface area contributed by atoms with Crippen molar-refractivity contribution < 1.29 is 14.4 Å². The monoisotopic (exact) mass is 400 g/mol. The zero-order valence-electron chi connectivity index (χ0n) is 17.3. The number of fused-ring (bicyclic) bond motifs is 5. The minimum Gasteiger partial charge on any atom is -0.322 e. The standard InChI is InChI=1S/C25H24N2O3/c1-13-6-4-9-20(15(13)3)26-23(28)16-7-5-8-18(11-16)27-24(29)21-17-10-14(2)19(12-17)22(21)25(27)30/h4-11,17,19,21-22H,12H2,1-3H3,(H,26,28)/t17-,19+,21+,22-/m0/s1. The molecule has 2 aromatic carbocycles. The van der Waals surface area contributed by atoms with Crippen LogP contribution >= 0.6 is 0 Å². The number of rotatable bonds is 3. The first-order valence-electron chi connectivity index (χ1n) is 10.4. The fraction of sp³-hybridized carbons (Fsp3) is 0.320. The summed E-state index contributed by atoms with van der Waals surface area (Å²) in [5, 5.41) is 2.94. The molecule has 1 N–H and O–H groups in total. The maximum atomic E-state index is 13.2. The number of aryl methyl sites for hydroxylation is 1. The normalized spacial score (nSPS) is 26.8. The number of hydrogen-bond acceptors (Lipinski definition) is 3. The Balaban J connectivity index is 1.42. The van der Waals surface area contributed by atoms with Crippen LogP contribution in [0, 0.1) is 37.5 Å². The van der Waals surface area contributed by atoms with E-state index in [2.05, 4.69) is 18.3 Å². The van der Waals surface area contributed by atoms with Gasteiger partial charge in [-0.3, -0.25) is 14.4 Å². The second-order valence-corrected chi connectivity index (χ2v) is 8.73. The Labute approximate surface area is 175 Å². The second kappa shape index (κ2) is 6.66. The first kappa shape index (κ1) is 18.8. The van der Waals surface area contributed by atoms with E-state index in [0.717, 1.165) is 23.2 Å². The molecule has 0 spiro atoms. The number of amides is 3. The lowest BCUT2D eigenvalue weighted by Crippen LogP contribution is -2.33. The van der Waals surface area contributed by atoms with Crippen molar-refractivity contribution in [1.82, 2.24) is 0 Å². The maximum absolute atomic E-state index is 13.2. The molecule has 5 heteroatoms. The molecule has 152 valence electrons. The van der Waals surface area contributed by atoms with E-state index in [1.807, 2.05) is 32.0 Å². The molecule has 30 heavy (non-hydrogen) atoms. The van der Waals surface area contributed by atoms with Gasteiger partial charge in [-0.2, -0.15) is 0 Å². The smallest absolute Gasteiger partial charge is 0.255 e. The van der Waals surface area contributed by atoms with Crippen molar-refractivity contribution in [2.75, 3.05) is 10.2 Å². The number of imide groups is 1. The molecule has 3 aliphatic rings. The highest BCUT2D eigenvalue weighted by Gasteiger charge is 2.60. The van der Waals surface area contributed by atoms with Gasteiger partial charge in [-0.1, -0.05) is 29.8 Å².